The first-order valence-electron chi connectivity index (χ1n) is 8.02. The molecule has 0 unspecified atom stereocenters. The van der Waals surface area contributed by atoms with Crippen molar-refractivity contribution in [1.82, 2.24) is 10.6 Å². The van der Waals surface area contributed by atoms with Gasteiger partial charge in [0.1, 0.15) is 0 Å². The molecule has 1 heterocycles. The Hall–Kier alpha value is -3.32. The molecule has 8 heteroatoms. The van der Waals surface area contributed by atoms with Gasteiger partial charge in [0.05, 0.1) is 28.3 Å². The Bertz CT molecular complexity index is 954. The highest BCUT2D eigenvalue weighted by molar-refractivity contribution is 6.33. The smallest absolute Gasteiger partial charge is 0.319 e. The van der Waals surface area contributed by atoms with E-state index in [-0.39, 0.29) is 11.1 Å². The summed E-state index contributed by atoms with van der Waals surface area (Å²) in [6.45, 7) is 1.61. The van der Waals surface area contributed by atoms with Gasteiger partial charge in [0.15, 0.2) is 0 Å². The van der Waals surface area contributed by atoms with Crippen molar-refractivity contribution >= 4 is 35.2 Å². The quantitative estimate of drug-likeness (QED) is 0.748. The van der Waals surface area contributed by atoms with Gasteiger partial charge >= 0.3 is 6.03 Å². The number of para-hydroxylation sites is 1. The third-order valence-electron chi connectivity index (χ3n) is 4.12. The number of carboxylic acids is 1. The highest BCUT2D eigenvalue weighted by Crippen LogP contribution is 2.29. The molecule has 0 aromatic heterocycles. The summed E-state index contributed by atoms with van der Waals surface area (Å²) < 4.78 is 0. The molecular weight excluding hydrogens is 370 g/mol. The number of benzene rings is 2. The van der Waals surface area contributed by atoms with E-state index >= 15 is 0 Å². The van der Waals surface area contributed by atoms with Crippen LogP contribution < -0.4 is 21.1 Å². The van der Waals surface area contributed by atoms with Gasteiger partial charge in [0, 0.05) is 5.70 Å². The summed E-state index contributed by atoms with van der Waals surface area (Å²) in [5, 5.41) is 19.3. The summed E-state index contributed by atoms with van der Waals surface area (Å²) in [6.07, 6.45) is 0. The van der Waals surface area contributed by atoms with Crippen LogP contribution in [0.4, 0.5) is 10.5 Å². The Labute approximate surface area is 160 Å². The topological polar surface area (TPSA) is 110 Å². The minimum Gasteiger partial charge on any atom is -0.545 e. The first-order valence-corrected chi connectivity index (χ1v) is 8.40. The van der Waals surface area contributed by atoms with Crippen LogP contribution in [0.2, 0.25) is 5.02 Å². The number of rotatable bonds is 4. The number of amides is 3. The fourth-order valence-electron chi connectivity index (χ4n) is 2.81. The predicted molar refractivity (Wildman–Crippen MR) is 98.0 cm³/mol. The van der Waals surface area contributed by atoms with Gasteiger partial charge in [0.2, 0.25) is 0 Å². The number of halogens is 1. The van der Waals surface area contributed by atoms with Crippen molar-refractivity contribution in [1.29, 1.82) is 0 Å². The Morgan fingerprint density at radius 2 is 1.78 bits per heavy atom. The molecule has 138 valence electrons. The summed E-state index contributed by atoms with van der Waals surface area (Å²) in [5.74, 6) is -1.75. The molecular formula is C19H15ClN3O4-. The van der Waals surface area contributed by atoms with Gasteiger partial charge < -0.3 is 25.9 Å². The summed E-state index contributed by atoms with van der Waals surface area (Å²) in [6, 6.07) is 11.3. The van der Waals surface area contributed by atoms with Crippen LogP contribution in [0.25, 0.3) is 0 Å². The molecule has 2 aromatic carbocycles. The van der Waals surface area contributed by atoms with E-state index in [1.54, 1.807) is 31.2 Å². The van der Waals surface area contributed by atoms with Gasteiger partial charge in [-0.1, -0.05) is 48.0 Å². The molecule has 0 fully saturated rings. The monoisotopic (exact) mass is 384 g/mol. The number of aromatic carboxylic acids is 1. The first kappa shape index (κ1) is 18.5. The van der Waals surface area contributed by atoms with Crippen molar-refractivity contribution in [2.75, 3.05) is 5.32 Å². The number of hydrogen-bond acceptors (Lipinski definition) is 4. The van der Waals surface area contributed by atoms with E-state index in [0.717, 1.165) is 0 Å². The highest BCUT2D eigenvalue weighted by Gasteiger charge is 2.31. The Morgan fingerprint density at radius 1 is 1.11 bits per heavy atom. The molecule has 0 radical (unpaired) electrons. The van der Waals surface area contributed by atoms with E-state index in [4.69, 9.17) is 11.6 Å². The fraction of sp³-hybridized carbons (Fsp3) is 0.105. The van der Waals surface area contributed by atoms with Gasteiger partial charge in [-0.05, 0) is 30.2 Å². The summed E-state index contributed by atoms with van der Waals surface area (Å²) in [5.41, 5.74) is 1.67. The molecule has 7 nitrogen and oxygen atoms in total. The molecule has 0 saturated heterocycles. The Balaban J connectivity index is 1.95. The van der Waals surface area contributed by atoms with Crippen LogP contribution in [0.1, 0.15) is 28.9 Å². The van der Waals surface area contributed by atoms with E-state index in [9.17, 15) is 19.5 Å². The minimum absolute atomic E-state index is 0.00165. The average molecular weight is 385 g/mol. The van der Waals surface area contributed by atoms with Crippen molar-refractivity contribution in [3.8, 4) is 0 Å². The van der Waals surface area contributed by atoms with E-state index in [1.807, 2.05) is 0 Å². The van der Waals surface area contributed by atoms with Gasteiger partial charge in [-0.3, -0.25) is 4.79 Å². The lowest BCUT2D eigenvalue weighted by Crippen LogP contribution is -2.46. The Kier molecular flexibility index (Phi) is 5.14. The Morgan fingerprint density at radius 3 is 2.41 bits per heavy atom. The van der Waals surface area contributed by atoms with Crippen LogP contribution in [0.15, 0.2) is 59.8 Å². The second-order valence-corrected chi connectivity index (χ2v) is 6.32. The largest absolute Gasteiger partial charge is 0.545 e. The molecule has 1 atom stereocenters. The molecule has 0 bridgehead atoms. The van der Waals surface area contributed by atoms with Crippen LogP contribution in [0.5, 0.6) is 0 Å². The molecule has 0 saturated carbocycles. The van der Waals surface area contributed by atoms with Gasteiger partial charge in [-0.2, -0.15) is 0 Å². The molecule has 3 rings (SSSR count). The second kappa shape index (κ2) is 7.51. The van der Waals surface area contributed by atoms with Crippen molar-refractivity contribution in [2.24, 2.45) is 0 Å². The molecule has 1 aliphatic heterocycles. The number of urea groups is 1. The fourth-order valence-corrected chi connectivity index (χ4v) is 2.99. The number of anilines is 1. The second-order valence-electron chi connectivity index (χ2n) is 5.91. The maximum atomic E-state index is 12.9. The standard InChI is InChI=1S/C19H16ClN3O4/c1-10-15(17(24)22-14-5-3-2-4-13(14)20)16(23-19(27)21-10)11-6-8-12(9-7-11)18(25)26/h2-9,16H,1H3,(H,22,24)(H,25,26)(H2,21,23,27)/p-1/t16-/m1/s1. The SMILES string of the molecule is CC1=C(C(=O)Nc2ccccc2Cl)[C@@H](c2ccc(C(=O)[O-])cc2)NC(=O)N1. The summed E-state index contributed by atoms with van der Waals surface area (Å²) in [4.78, 5) is 35.7. The zero-order valence-electron chi connectivity index (χ0n) is 14.2. The van der Waals surface area contributed by atoms with E-state index in [2.05, 4.69) is 16.0 Å². The summed E-state index contributed by atoms with van der Waals surface area (Å²) in [7, 11) is 0. The third-order valence-corrected chi connectivity index (χ3v) is 4.45. The maximum absolute atomic E-state index is 12.9. The van der Waals surface area contributed by atoms with Gasteiger partial charge in [-0.25, -0.2) is 4.79 Å². The number of carbonyl (C=O) groups is 3. The molecule has 3 N–H and O–H groups in total. The number of hydrogen-bond donors (Lipinski definition) is 3. The van der Waals surface area contributed by atoms with E-state index in [0.29, 0.717) is 22.0 Å². The van der Waals surface area contributed by atoms with E-state index < -0.39 is 23.9 Å². The number of carboxylic acid groups (broad SMARTS) is 1. The van der Waals surface area contributed by atoms with E-state index in [1.165, 1.54) is 24.3 Å². The van der Waals surface area contributed by atoms with Gasteiger partial charge in [0.25, 0.3) is 5.91 Å². The van der Waals surface area contributed by atoms with Crippen LogP contribution in [0.3, 0.4) is 0 Å². The molecule has 2 aromatic rings. The van der Waals surface area contributed by atoms with Crippen LogP contribution in [-0.2, 0) is 4.79 Å². The normalized spacial score (nSPS) is 16.4. The maximum Gasteiger partial charge on any atom is 0.319 e. The van der Waals surface area contributed by atoms with Crippen molar-refractivity contribution in [3.63, 3.8) is 0 Å². The van der Waals surface area contributed by atoms with Crippen LogP contribution in [-0.4, -0.2) is 17.9 Å². The van der Waals surface area contributed by atoms with Crippen molar-refractivity contribution < 1.29 is 19.5 Å². The molecule has 0 aliphatic carbocycles. The van der Waals surface area contributed by atoms with Crippen LogP contribution in [0, 0.1) is 0 Å². The molecule has 0 spiro atoms. The first-order chi connectivity index (χ1) is 12.9. The number of allylic oxidation sites excluding steroid dienone is 1. The lowest BCUT2D eigenvalue weighted by molar-refractivity contribution is -0.255. The van der Waals surface area contributed by atoms with Crippen LogP contribution >= 0.6 is 11.6 Å². The lowest BCUT2D eigenvalue weighted by atomic mass is 9.94. The lowest BCUT2D eigenvalue weighted by Gasteiger charge is -2.29. The molecule has 27 heavy (non-hydrogen) atoms. The minimum atomic E-state index is -1.31. The predicted octanol–water partition coefficient (Wildman–Crippen LogP) is 1.97. The average Bonchev–Trinajstić information content (AvgIpc) is 2.63. The zero-order valence-corrected chi connectivity index (χ0v) is 15.0. The van der Waals surface area contributed by atoms with Crippen molar-refractivity contribution in [2.45, 2.75) is 13.0 Å². The molecule has 3 amide bonds. The zero-order chi connectivity index (χ0) is 19.6. The molecule has 1 aliphatic rings. The highest BCUT2D eigenvalue weighted by atomic mass is 35.5. The third kappa shape index (κ3) is 3.93. The van der Waals surface area contributed by atoms with Crippen molar-refractivity contribution in [3.05, 3.63) is 76.0 Å². The van der Waals surface area contributed by atoms with Gasteiger partial charge in [-0.15, -0.1) is 0 Å². The number of carbonyl (C=O) groups excluding carboxylic acids is 3. The number of nitrogens with one attached hydrogen (secondary N) is 3. The summed E-state index contributed by atoms with van der Waals surface area (Å²) >= 11 is 6.09.